The molecule has 0 unspecified atom stereocenters. The average molecular weight is 308 g/mol. The zero-order chi connectivity index (χ0) is 15.6. The normalized spacial score (nSPS) is 11.7. The van der Waals surface area contributed by atoms with E-state index in [1.165, 1.54) is 12.0 Å². The van der Waals surface area contributed by atoms with Crippen LogP contribution in [-0.2, 0) is 16.8 Å². The predicted molar refractivity (Wildman–Crippen MR) is 81.5 cm³/mol. The van der Waals surface area contributed by atoms with Crippen LogP contribution in [0.25, 0.3) is 0 Å². The lowest BCUT2D eigenvalue weighted by molar-refractivity contribution is 0.0562. The fourth-order valence-corrected chi connectivity index (χ4v) is 2.80. The molecule has 2 aromatic heterocycles. The Morgan fingerprint density at radius 2 is 2.14 bits per heavy atom. The molecule has 0 saturated heterocycles. The Hall–Kier alpha value is -1.66. The smallest absolute Gasteiger partial charge is 0.373 e. The van der Waals surface area contributed by atoms with Crippen molar-refractivity contribution in [3.8, 4) is 0 Å². The molecule has 0 aromatic carbocycles. The van der Waals surface area contributed by atoms with Gasteiger partial charge in [-0.25, -0.2) is 9.78 Å². The number of esters is 1. The van der Waals surface area contributed by atoms with E-state index >= 15 is 0 Å². The molecule has 0 atom stereocenters. The van der Waals surface area contributed by atoms with Crippen molar-refractivity contribution in [3.05, 3.63) is 39.2 Å². The van der Waals surface area contributed by atoms with Crippen LogP contribution in [0, 0.1) is 13.8 Å². The highest BCUT2D eigenvalue weighted by atomic mass is 32.1. The second kappa shape index (κ2) is 5.99. The molecule has 0 spiro atoms. The quantitative estimate of drug-likeness (QED) is 0.860. The van der Waals surface area contributed by atoms with Gasteiger partial charge in [-0.3, -0.25) is 5.32 Å². The van der Waals surface area contributed by atoms with Gasteiger partial charge in [0.05, 0.1) is 24.9 Å². The number of nitrogens with one attached hydrogen (secondary N) is 1. The summed E-state index contributed by atoms with van der Waals surface area (Å²) in [7, 11) is 1.33. The highest BCUT2D eigenvalue weighted by Crippen LogP contribution is 2.27. The first-order valence-corrected chi connectivity index (χ1v) is 7.51. The summed E-state index contributed by atoms with van der Waals surface area (Å²) in [6.07, 6.45) is 0. The first-order chi connectivity index (χ1) is 9.83. The minimum absolute atomic E-state index is 0.216. The Morgan fingerprint density at radius 3 is 2.71 bits per heavy atom. The zero-order valence-corrected chi connectivity index (χ0v) is 13.8. The number of carbonyl (C=O) groups excluding carboxylic acids is 1. The zero-order valence-electron chi connectivity index (χ0n) is 12.9. The van der Waals surface area contributed by atoms with E-state index in [0.717, 1.165) is 10.7 Å². The number of carbonyl (C=O) groups is 1. The molecule has 0 amide bonds. The van der Waals surface area contributed by atoms with Gasteiger partial charge in [0.15, 0.2) is 0 Å². The fraction of sp³-hybridized carbons (Fsp3) is 0.467. The van der Waals surface area contributed by atoms with Crippen LogP contribution in [0.3, 0.4) is 0 Å². The standard InChI is InChI=1S/C15H20N2O3S/c1-9-10(2)21-14(17-9)15(3,4)16-8-11-6-7-12(20-11)13(18)19-5/h6-7,16H,8H2,1-5H3. The molecule has 2 aromatic rings. The third-order valence-electron chi connectivity index (χ3n) is 3.32. The molecule has 0 bridgehead atoms. The van der Waals surface area contributed by atoms with Crippen LogP contribution in [0.4, 0.5) is 0 Å². The van der Waals surface area contributed by atoms with Crippen molar-refractivity contribution < 1.29 is 13.9 Å². The van der Waals surface area contributed by atoms with Crippen LogP contribution in [-0.4, -0.2) is 18.1 Å². The number of hydrogen-bond donors (Lipinski definition) is 1. The summed E-state index contributed by atoms with van der Waals surface area (Å²) in [5.74, 6) is 0.438. The minimum atomic E-state index is -0.466. The molecule has 21 heavy (non-hydrogen) atoms. The molecular formula is C15H20N2O3S. The highest BCUT2D eigenvalue weighted by molar-refractivity contribution is 7.11. The van der Waals surface area contributed by atoms with E-state index in [2.05, 4.69) is 35.8 Å². The van der Waals surface area contributed by atoms with Gasteiger partial charge in [0, 0.05) is 4.88 Å². The molecule has 0 aliphatic rings. The summed E-state index contributed by atoms with van der Waals surface area (Å²) in [6, 6.07) is 3.39. The van der Waals surface area contributed by atoms with Gasteiger partial charge >= 0.3 is 5.97 Å². The van der Waals surface area contributed by atoms with Crippen LogP contribution < -0.4 is 5.32 Å². The van der Waals surface area contributed by atoms with E-state index < -0.39 is 5.97 Å². The number of ether oxygens (including phenoxy) is 1. The van der Waals surface area contributed by atoms with Gasteiger partial charge in [-0.05, 0) is 39.8 Å². The molecule has 1 N–H and O–H groups in total. The molecular weight excluding hydrogens is 288 g/mol. The highest BCUT2D eigenvalue weighted by Gasteiger charge is 2.25. The Bertz CT molecular complexity index is 624. The Kier molecular flexibility index (Phi) is 4.49. The maximum atomic E-state index is 11.3. The van der Waals surface area contributed by atoms with Crippen molar-refractivity contribution in [2.75, 3.05) is 7.11 Å². The molecule has 114 valence electrons. The van der Waals surface area contributed by atoms with Crippen LogP contribution in [0.1, 0.15) is 45.7 Å². The van der Waals surface area contributed by atoms with Crippen molar-refractivity contribution in [2.24, 2.45) is 0 Å². The van der Waals surface area contributed by atoms with E-state index in [9.17, 15) is 4.79 Å². The van der Waals surface area contributed by atoms with Gasteiger partial charge in [0.2, 0.25) is 5.76 Å². The van der Waals surface area contributed by atoms with Gasteiger partial charge in [-0.15, -0.1) is 11.3 Å². The van der Waals surface area contributed by atoms with Gasteiger partial charge in [0.25, 0.3) is 0 Å². The number of furan rings is 1. The number of methoxy groups -OCH3 is 1. The van der Waals surface area contributed by atoms with E-state index in [1.807, 2.05) is 6.92 Å². The summed E-state index contributed by atoms with van der Waals surface area (Å²) < 4.78 is 10.1. The van der Waals surface area contributed by atoms with Crippen molar-refractivity contribution in [3.63, 3.8) is 0 Å². The Morgan fingerprint density at radius 1 is 1.43 bits per heavy atom. The van der Waals surface area contributed by atoms with E-state index in [-0.39, 0.29) is 11.3 Å². The molecule has 0 radical (unpaired) electrons. The largest absolute Gasteiger partial charge is 0.463 e. The molecule has 2 heterocycles. The van der Waals surface area contributed by atoms with Crippen molar-refractivity contribution in [2.45, 2.75) is 39.8 Å². The molecule has 6 heteroatoms. The van der Waals surface area contributed by atoms with Crippen LogP contribution in [0.15, 0.2) is 16.5 Å². The third-order valence-corrected chi connectivity index (χ3v) is 4.71. The van der Waals surface area contributed by atoms with Crippen molar-refractivity contribution in [1.29, 1.82) is 0 Å². The molecule has 0 aliphatic heterocycles. The summed E-state index contributed by atoms with van der Waals surface area (Å²) in [6.45, 7) is 8.76. The van der Waals surface area contributed by atoms with Crippen LogP contribution in [0.2, 0.25) is 0 Å². The third kappa shape index (κ3) is 3.51. The molecule has 0 saturated carbocycles. The van der Waals surface area contributed by atoms with Gasteiger partial charge in [0.1, 0.15) is 10.8 Å². The van der Waals surface area contributed by atoms with E-state index in [4.69, 9.17) is 4.42 Å². The van der Waals surface area contributed by atoms with E-state index in [1.54, 1.807) is 23.5 Å². The van der Waals surface area contributed by atoms with Gasteiger partial charge in [-0.1, -0.05) is 0 Å². The number of rotatable bonds is 5. The first-order valence-electron chi connectivity index (χ1n) is 6.70. The van der Waals surface area contributed by atoms with Gasteiger partial charge < -0.3 is 9.15 Å². The molecule has 0 aliphatic carbocycles. The van der Waals surface area contributed by atoms with Crippen molar-refractivity contribution in [1.82, 2.24) is 10.3 Å². The topological polar surface area (TPSA) is 64.4 Å². The lowest BCUT2D eigenvalue weighted by Crippen LogP contribution is -2.35. The second-order valence-corrected chi connectivity index (χ2v) is 6.60. The lowest BCUT2D eigenvalue weighted by atomic mass is 10.1. The summed E-state index contributed by atoms with van der Waals surface area (Å²) >= 11 is 1.69. The number of aryl methyl sites for hydroxylation is 2. The van der Waals surface area contributed by atoms with Crippen LogP contribution in [0.5, 0.6) is 0 Å². The number of hydrogen-bond acceptors (Lipinski definition) is 6. The van der Waals surface area contributed by atoms with E-state index in [0.29, 0.717) is 12.3 Å². The minimum Gasteiger partial charge on any atom is -0.463 e. The number of thiazole rings is 1. The molecule has 2 rings (SSSR count). The SMILES string of the molecule is COC(=O)c1ccc(CNC(C)(C)c2nc(C)c(C)s2)o1. The monoisotopic (exact) mass is 308 g/mol. The maximum absolute atomic E-state index is 11.3. The van der Waals surface area contributed by atoms with Crippen LogP contribution >= 0.6 is 11.3 Å². The lowest BCUT2D eigenvalue weighted by Gasteiger charge is -2.23. The molecule has 0 fully saturated rings. The predicted octanol–water partition coefficient (Wildman–Crippen LogP) is 3.16. The van der Waals surface area contributed by atoms with Crippen molar-refractivity contribution >= 4 is 17.3 Å². The fourth-order valence-electron chi connectivity index (χ4n) is 1.81. The molecule has 5 nitrogen and oxygen atoms in total. The average Bonchev–Trinajstić information content (AvgIpc) is 3.04. The second-order valence-electron chi connectivity index (χ2n) is 5.40. The summed E-state index contributed by atoms with van der Waals surface area (Å²) in [5.41, 5.74) is 0.804. The first kappa shape index (κ1) is 15.7. The summed E-state index contributed by atoms with van der Waals surface area (Å²) in [5, 5.41) is 4.44. The van der Waals surface area contributed by atoms with Gasteiger partial charge in [-0.2, -0.15) is 0 Å². The maximum Gasteiger partial charge on any atom is 0.373 e. The number of nitrogens with zero attached hydrogens (tertiary/aromatic N) is 1. The Labute approximate surface area is 128 Å². The number of aromatic nitrogens is 1. The summed E-state index contributed by atoms with van der Waals surface area (Å²) in [4.78, 5) is 17.2. The Balaban J connectivity index is 2.04.